The molecule has 0 radical (unpaired) electrons. The molecule has 13 nitrogen and oxygen atoms in total. The molecule has 0 unspecified atom stereocenters. The average molecular weight is 482 g/mol. The summed E-state index contributed by atoms with van der Waals surface area (Å²) in [5.74, 6) is 0.802. The third-order valence-corrected chi connectivity index (χ3v) is 7.05. The molecule has 3 aromatic heterocycles. The second-order valence-corrected chi connectivity index (χ2v) is 11.3. The number of hydrogen-bond acceptors (Lipinski definition) is 12. The molecule has 14 heteroatoms. The second kappa shape index (κ2) is 8.59. The van der Waals surface area contributed by atoms with Gasteiger partial charge in [-0.25, -0.2) is 23.4 Å². The first kappa shape index (κ1) is 23.5. The Kier molecular flexibility index (Phi) is 6.11. The molecule has 0 aromatic carbocycles. The fraction of sp³-hybridized carbons (Fsp3) is 0.632. The molecule has 0 bridgehead atoms. The number of imidazole rings is 1. The fourth-order valence-corrected chi connectivity index (χ4v) is 4.08. The van der Waals surface area contributed by atoms with E-state index in [1.165, 1.54) is 17.2 Å². The van der Waals surface area contributed by atoms with Gasteiger partial charge in [-0.15, -0.1) is 10.2 Å². The summed E-state index contributed by atoms with van der Waals surface area (Å²) in [5.41, 5.74) is 0.320. The number of aromatic nitrogens is 6. The van der Waals surface area contributed by atoms with E-state index in [2.05, 4.69) is 30.5 Å². The van der Waals surface area contributed by atoms with Crippen LogP contribution in [0.1, 0.15) is 51.8 Å². The van der Waals surface area contributed by atoms with Crippen LogP contribution in [0.3, 0.4) is 0 Å². The van der Waals surface area contributed by atoms with Crippen molar-refractivity contribution in [3.8, 4) is 0 Å². The van der Waals surface area contributed by atoms with Gasteiger partial charge in [-0.3, -0.25) is 4.57 Å². The van der Waals surface area contributed by atoms with E-state index in [0.717, 1.165) is 0 Å². The molecular weight excluding hydrogens is 454 g/mol. The minimum atomic E-state index is -3.14. The molecule has 0 amide bonds. The van der Waals surface area contributed by atoms with E-state index >= 15 is 0 Å². The lowest BCUT2D eigenvalue weighted by atomic mass is 9.97. The molecule has 4 rings (SSSR count). The first-order chi connectivity index (χ1) is 15.5. The molecule has 3 aromatic rings. The summed E-state index contributed by atoms with van der Waals surface area (Å²) in [5, 5.41) is 32.2. The Morgan fingerprint density at radius 2 is 1.91 bits per heavy atom. The minimum absolute atomic E-state index is 0.0469. The van der Waals surface area contributed by atoms with E-state index in [1.54, 1.807) is 6.92 Å². The van der Waals surface area contributed by atoms with Gasteiger partial charge in [-0.2, -0.15) is 0 Å². The van der Waals surface area contributed by atoms with Crippen LogP contribution in [0.5, 0.6) is 0 Å². The largest absolute Gasteiger partial charge is 0.422 e. The van der Waals surface area contributed by atoms with Gasteiger partial charge in [0.1, 0.15) is 18.5 Å². The highest BCUT2D eigenvalue weighted by atomic mass is 32.2. The first-order valence-corrected chi connectivity index (χ1v) is 12.3. The zero-order valence-corrected chi connectivity index (χ0v) is 19.5. The van der Waals surface area contributed by atoms with Crippen molar-refractivity contribution in [3.63, 3.8) is 0 Å². The Morgan fingerprint density at radius 1 is 1.15 bits per heavy atom. The number of hydrogen-bond donors (Lipinski definition) is 3. The minimum Gasteiger partial charge on any atom is -0.422 e. The van der Waals surface area contributed by atoms with Crippen molar-refractivity contribution in [2.24, 2.45) is 0 Å². The predicted octanol–water partition coefficient (Wildman–Crippen LogP) is 0.345. The van der Waals surface area contributed by atoms with Crippen molar-refractivity contribution in [1.82, 2.24) is 29.7 Å². The van der Waals surface area contributed by atoms with Crippen molar-refractivity contribution in [3.05, 3.63) is 24.4 Å². The Bertz CT molecular complexity index is 1230. The topological polar surface area (TPSA) is 178 Å². The van der Waals surface area contributed by atoms with Gasteiger partial charge in [0.2, 0.25) is 11.8 Å². The Labute approximate surface area is 190 Å². The molecule has 3 N–H and O–H groups in total. The summed E-state index contributed by atoms with van der Waals surface area (Å²) in [6.45, 7) is 7.48. The van der Waals surface area contributed by atoms with E-state index in [0.29, 0.717) is 22.9 Å². The van der Waals surface area contributed by atoms with Gasteiger partial charge in [0.05, 0.1) is 12.1 Å². The van der Waals surface area contributed by atoms with Crippen molar-refractivity contribution in [2.75, 3.05) is 23.4 Å². The Morgan fingerprint density at radius 3 is 2.58 bits per heavy atom. The van der Waals surface area contributed by atoms with E-state index in [9.17, 15) is 18.6 Å². The number of anilines is 1. The smallest absolute Gasteiger partial charge is 0.248 e. The Hall–Kier alpha value is -2.68. The fourth-order valence-electron chi connectivity index (χ4n) is 3.38. The number of nitrogens with zero attached hydrogens (tertiary/aromatic N) is 6. The zero-order valence-electron chi connectivity index (χ0n) is 18.7. The maximum Gasteiger partial charge on any atom is 0.248 e. The van der Waals surface area contributed by atoms with Gasteiger partial charge in [0.25, 0.3) is 0 Å². The third-order valence-electron chi connectivity index (χ3n) is 5.34. The number of aliphatic hydroxyl groups is 2. The number of nitrogens with one attached hydrogen (secondary N) is 1. The first-order valence-electron chi connectivity index (χ1n) is 10.5. The number of aliphatic hydroxyl groups excluding tert-OH is 2. The second-order valence-electron chi connectivity index (χ2n) is 8.83. The molecule has 0 spiro atoms. The molecule has 180 valence electrons. The van der Waals surface area contributed by atoms with Gasteiger partial charge < -0.3 is 24.7 Å². The van der Waals surface area contributed by atoms with E-state index in [-0.39, 0.29) is 29.4 Å². The maximum absolute atomic E-state index is 11.7. The zero-order chi connectivity index (χ0) is 24.0. The highest BCUT2D eigenvalue weighted by Gasteiger charge is 2.48. The number of sulfone groups is 1. The highest BCUT2D eigenvalue weighted by molar-refractivity contribution is 7.91. The van der Waals surface area contributed by atoms with Gasteiger partial charge in [0.15, 0.2) is 39.2 Å². The summed E-state index contributed by atoms with van der Waals surface area (Å²) < 4.78 is 36.5. The number of rotatable bonds is 7. The van der Waals surface area contributed by atoms with E-state index in [4.69, 9.17) is 9.15 Å². The molecule has 1 fully saturated rings. The molecule has 0 aliphatic carbocycles. The molecule has 4 atom stereocenters. The lowest BCUT2D eigenvalue weighted by Crippen LogP contribution is -2.29. The predicted molar refractivity (Wildman–Crippen MR) is 116 cm³/mol. The summed E-state index contributed by atoms with van der Waals surface area (Å²) in [6.07, 6.45) is -2.00. The quantitative estimate of drug-likeness (QED) is 0.422. The van der Waals surface area contributed by atoms with Crippen molar-refractivity contribution in [2.45, 2.75) is 57.6 Å². The lowest BCUT2D eigenvalue weighted by molar-refractivity contribution is -0.0441. The van der Waals surface area contributed by atoms with Crippen molar-refractivity contribution in [1.29, 1.82) is 0 Å². The van der Waals surface area contributed by atoms with Crippen LogP contribution < -0.4 is 5.32 Å². The third kappa shape index (κ3) is 4.55. The van der Waals surface area contributed by atoms with Gasteiger partial charge >= 0.3 is 0 Å². The van der Waals surface area contributed by atoms with Crippen LogP contribution in [-0.4, -0.2) is 78.6 Å². The summed E-state index contributed by atoms with van der Waals surface area (Å²) >= 11 is 0. The van der Waals surface area contributed by atoms with Crippen LogP contribution in [0.25, 0.3) is 11.2 Å². The van der Waals surface area contributed by atoms with Crippen molar-refractivity contribution < 1.29 is 27.8 Å². The van der Waals surface area contributed by atoms with Crippen LogP contribution >= 0.6 is 0 Å². The molecule has 1 aliphatic heterocycles. The Balaban J connectivity index is 1.57. The number of ether oxygens (including phenoxy) is 1. The van der Waals surface area contributed by atoms with Crippen molar-refractivity contribution >= 4 is 26.8 Å². The molecule has 1 aliphatic rings. The summed E-state index contributed by atoms with van der Waals surface area (Å²) in [4.78, 5) is 12.6. The van der Waals surface area contributed by atoms with Gasteiger partial charge in [-0.1, -0.05) is 27.7 Å². The molecule has 33 heavy (non-hydrogen) atoms. The van der Waals surface area contributed by atoms with Crippen LogP contribution in [0.4, 0.5) is 5.82 Å². The summed E-state index contributed by atoms with van der Waals surface area (Å²) in [6, 6.07) is 0. The van der Waals surface area contributed by atoms with Crippen LogP contribution in [-0.2, 0) is 20.0 Å². The standard InChI is InChI=1S/C19H27N7O6S/c1-5-33(29,30)7-6-20-14-10-15(22-8-21-14)26(9-23-10)17-12(28)11(27)13(31-17)16-24-25-18(32-16)19(2,3)4/h8-9,11-13,17,27-28H,5-7H2,1-4H3,(H,20,21,22)/t11-,12+,13-,17+/m0/s1. The maximum atomic E-state index is 11.7. The van der Waals surface area contributed by atoms with E-state index < -0.39 is 34.4 Å². The average Bonchev–Trinajstić information content (AvgIpc) is 3.47. The van der Waals surface area contributed by atoms with Gasteiger partial charge in [-0.05, 0) is 0 Å². The van der Waals surface area contributed by atoms with Crippen LogP contribution in [0.2, 0.25) is 0 Å². The molecule has 1 saturated heterocycles. The molecular formula is C19H27N7O6S. The highest BCUT2D eigenvalue weighted by Crippen LogP contribution is 2.40. The molecule has 0 saturated carbocycles. The SMILES string of the molecule is CCS(=O)(=O)CCNc1ncnc2c1ncn2[C@@H]1O[C@H](c2nnc(C(C)(C)C)o2)[C@@H](O)[C@H]1O. The molecule has 4 heterocycles. The normalized spacial score (nSPS) is 23.9. The monoisotopic (exact) mass is 481 g/mol. The lowest BCUT2D eigenvalue weighted by Gasteiger charge is -2.16. The number of fused-ring (bicyclic) bond motifs is 1. The van der Waals surface area contributed by atoms with Gasteiger partial charge in [0, 0.05) is 17.7 Å². The summed E-state index contributed by atoms with van der Waals surface area (Å²) in [7, 11) is -3.14. The van der Waals surface area contributed by atoms with E-state index in [1.807, 2.05) is 20.8 Å². The van der Waals surface area contributed by atoms with Crippen LogP contribution in [0.15, 0.2) is 17.1 Å². The van der Waals surface area contributed by atoms with Crippen LogP contribution in [0, 0.1) is 0 Å².